The SMILES string of the molecule is CN1c2c(cnn2-c2ccc(C(C)(C)C)cc2)C(=O)CS1(=O)=O. The lowest BCUT2D eigenvalue weighted by molar-refractivity contribution is 0.102. The Morgan fingerprint density at radius 1 is 1.13 bits per heavy atom. The van der Waals surface area contributed by atoms with Crippen molar-refractivity contribution in [2.24, 2.45) is 0 Å². The molecule has 3 rings (SSSR count). The molecule has 0 spiro atoms. The quantitative estimate of drug-likeness (QED) is 0.801. The first kappa shape index (κ1) is 15.7. The first-order chi connectivity index (χ1) is 10.6. The minimum Gasteiger partial charge on any atom is -0.293 e. The van der Waals surface area contributed by atoms with Crippen molar-refractivity contribution in [2.45, 2.75) is 26.2 Å². The summed E-state index contributed by atoms with van der Waals surface area (Å²) >= 11 is 0. The molecule has 1 aliphatic heterocycles. The van der Waals surface area contributed by atoms with E-state index in [2.05, 4.69) is 25.9 Å². The van der Waals surface area contributed by atoms with Gasteiger partial charge in [0, 0.05) is 7.05 Å². The highest BCUT2D eigenvalue weighted by Gasteiger charge is 2.36. The predicted molar refractivity (Wildman–Crippen MR) is 88.8 cm³/mol. The van der Waals surface area contributed by atoms with E-state index in [4.69, 9.17) is 0 Å². The summed E-state index contributed by atoms with van der Waals surface area (Å²) in [5.74, 6) is -0.633. The minimum atomic E-state index is -3.63. The molecule has 122 valence electrons. The molecule has 0 radical (unpaired) electrons. The Morgan fingerprint density at radius 3 is 2.30 bits per heavy atom. The van der Waals surface area contributed by atoms with Crippen LogP contribution in [-0.4, -0.2) is 36.8 Å². The summed E-state index contributed by atoms with van der Waals surface area (Å²) in [6.07, 6.45) is 1.43. The molecule has 7 heteroatoms. The van der Waals surface area contributed by atoms with E-state index in [1.165, 1.54) is 23.5 Å². The summed E-state index contributed by atoms with van der Waals surface area (Å²) in [6, 6.07) is 7.74. The molecule has 0 atom stereocenters. The van der Waals surface area contributed by atoms with Crippen LogP contribution in [0.15, 0.2) is 30.5 Å². The van der Waals surface area contributed by atoms with Crippen molar-refractivity contribution in [2.75, 3.05) is 17.1 Å². The molecular formula is C16H19N3O3S. The maximum Gasteiger partial charge on any atom is 0.243 e. The summed E-state index contributed by atoms with van der Waals surface area (Å²) < 4.78 is 26.8. The van der Waals surface area contributed by atoms with Crippen LogP contribution in [0.3, 0.4) is 0 Å². The van der Waals surface area contributed by atoms with Gasteiger partial charge in [0.25, 0.3) is 0 Å². The molecule has 2 aromatic rings. The number of hydrogen-bond donors (Lipinski definition) is 0. The second-order valence-electron chi connectivity index (χ2n) is 6.74. The normalized spacial score (nSPS) is 17.2. The van der Waals surface area contributed by atoms with E-state index in [1.807, 2.05) is 24.3 Å². The van der Waals surface area contributed by atoms with Crippen LogP contribution in [-0.2, 0) is 15.4 Å². The van der Waals surface area contributed by atoms with Gasteiger partial charge in [-0.25, -0.2) is 13.1 Å². The van der Waals surface area contributed by atoms with Crippen molar-refractivity contribution in [3.8, 4) is 5.69 Å². The average Bonchev–Trinajstić information content (AvgIpc) is 2.89. The average molecular weight is 333 g/mol. The number of sulfonamides is 1. The molecule has 6 nitrogen and oxygen atoms in total. The second kappa shape index (κ2) is 4.92. The molecule has 0 aliphatic carbocycles. The Balaban J connectivity index is 2.12. The maximum absolute atomic E-state index is 12.1. The van der Waals surface area contributed by atoms with Crippen molar-refractivity contribution >= 4 is 21.6 Å². The third-order valence-corrected chi connectivity index (χ3v) is 5.69. The minimum absolute atomic E-state index is 0.0260. The van der Waals surface area contributed by atoms with Gasteiger partial charge in [-0.05, 0) is 23.1 Å². The lowest BCUT2D eigenvalue weighted by Gasteiger charge is -2.25. The Kier molecular flexibility index (Phi) is 3.37. The zero-order valence-electron chi connectivity index (χ0n) is 13.6. The van der Waals surface area contributed by atoms with E-state index in [1.54, 1.807) is 0 Å². The molecule has 23 heavy (non-hydrogen) atoms. The van der Waals surface area contributed by atoms with Crippen LogP contribution in [0, 0.1) is 0 Å². The summed E-state index contributed by atoms with van der Waals surface area (Å²) in [7, 11) is -2.19. The zero-order chi connectivity index (χ0) is 17.0. The molecule has 2 heterocycles. The Morgan fingerprint density at radius 2 is 1.74 bits per heavy atom. The topological polar surface area (TPSA) is 72.3 Å². The standard InChI is InChI=1S/C16H19N3O3S/c1-16(2,3)11-5-7-12(8-6-11)19-15-13(9-17-19)14(20)10-23(21,22)18(15)4/h5-9H,10H2,1-4H3. The first-order valence-electron chi connectivity index (χ1n) is 7.30. The fourth-order valence-corrected chi connectivity index (χ4v) is 3.72. The fourth-order valence-electron chi connectivity index (χ4n) is 2.61. The highest BCUT2D eigenvalue weighted by molar-refractivity contribution is 7.93. The van der Waals surface area contributed by atoms with Crippen LogP contribution in [0.25, 0.3) is 5.69 Å². The number of ketones is 1. The van der Waals surface area contributed by atoms with Gasteiger partial charge in [-0.1, -0.05) is 32.9 Å². The number of rotatable bonds is 1. The van der Waals surface area contributed by atoms with Gasteiger partial charge in [-0.2, -0.15) is 5.10 Å². The van der Waals surface area contributed by atoms with E-state index in [-0.39, 0.29) is 5.41 Å². The number of fused-ring (bicyclic) bond motifs is 1. The van der Waals surface area contributed by atoms with Crippen LogP contribution >= 0.6 is 0 Å². The highest BCUT2D eigenvalue weighted by Crippen LogP contribution is 2.31. The van der Waals surface area contributed by atoms with Gasteiger partial charge >= 0.3 is 0 Å². The molecular weight excluding hydrogens is 314 g/mol. The van der Waals surface area contributed by atoms with Crippen molar-refractivity contribution < 1.29 is 13.2 Å². The van der Waals surface area contributed by atoms with Gasteiger partial charge in [-0.15, -0.1) is 0 Å². The summed E-state index contributed by atoms with van der Waals surface area (Å²) in [5.41, 5.74) is 2.25. The summed E-state index contributed by atoms with van der Waals surface area (Å²) in [6.45, 7) is 6.37. The van der Waals surface area contributed by atoms with Gasteiger partial charge in [0.15, 0.2) is 11.6 Å². The second-order valence-corrected chi connectivity index (χ2v) is 8.74. The molecule has 1 aromatic carbocycles. The van der Waals surface area contributed by atoms with Gasteiger partial charge in [0.2, 0.25) is 10.0 Å². The predicted octanol–water partition coefficient (Wildman–Crippen LogP) is 2.13. The highest BCUT2D eigenvalue weighted by atomic mass is 32.2. The number of carbonyl (C=O) groups excluding carboxylic acids is 1. The number of aromatic nitrogens is 2. The van der Waals surface area contributed by atoms with Gasteiger partial charge < -0.3 is 0 Å². The van der Waals surface area contributed by atoms with E-state index in [0.717, 1.165) is 9.99 Å². The van der Waals surface area contributed by atoms with Crippen LogP contribution in [0.4, 0.5) is 5.82 Å². The Hall–Kier alpha value is -2.15. The Labute approximate surface area is 135 Å². The van der Waals surface area contributed by atoms with Crippen LogP contribution in [0.5, 0.6) is 0 Å². The Bertz CT molecular complexity index is 874. The van der Waals surface area contributed by atoms with Crippen molar-refractivity contribution in [3.05, 3.63) is 41.6 Å². The van der Waals surface area contributed by atoms with E-state index in [0.29, 0.717) is 11.4 Å². The number of hydrogen-bond acceptors (Lipinski definition) is 4. The first-order valence-corrected chi connectivity index (χ1v) is 8.91. The lowest BCUT2D eigenvalue weighted by Crippen LogP contribution is -2.38. The van der Waals surface area contributed by atoms with Gasteiger partial charge in [0.05, 0.1) is 17.4 Å². The van der Waals surface area contributed by atoms with E-state index in [9.17, 15) is 13.2 Å². The molecule has 0 saturated carbocycles. The number of anilines is 1. The third kappa shape index (κ3) is 2.55. The third-order valence-electron chi connectivity index (χ3n) is 4.05. The summed E-state index contributed by atoms with van der Waals surface area (Å²) in [4.78, 5) is 12.0. The van der Waals surface area contributed by atoms with Crippen molar-refractivity contribution in [1.29, 1.82) is 0 Å². The smallest absolute Gasteiger partial charge is 0.243 e. The number of benzene rings is 1. The van der Waals surface area contributed by atoms with E-state index < -0.39 is 21.6 Å². The number of nitrogens with zero attached hydrogens (tertiary/aromatic N) is 3. The van der Waals surface area contributed by atoms with Crippen LogP contribution < -0.4 is 4.31 Å². The largest absolute Gasteiger partial charge is 0.293 e. The molecule has 0 bridgehead atoms. The molecule has 0 amide bonds. The van der Waals surface area contributed by atoms with Crippen LogP contribution in [0.2, 0.25) is 0 Å². The molecule has 1 aromatic heterocycles. The molecule has 0 unspecified atom stereocenters. The van der Waals surface area contributed by atoms with Gasteiger partial charge in [-0.3, -0.25) is 9.10 Å². The van der Waals surface area contributed by atoms with Crippen molar-refractivity contribution in [3.63, 3.8) is 0 Å². The molecule has 1 aliphatic rings. The molecule has 0 fully saturated rings. The van der Waals surface area contributed by atoms with E-state index >= 15 is 0 Å². The zero-order valence-corrected chi connectivity index (χ0v) is 14.4. The fraction of sp³-hybridized carbons (Fsp3) is 0.375. The van der Waals surface area contributed by atoms with Crippen LogP contribution in [0.1, 0.15) is 36.7 Å². The molecule has 0 saturated heterocycles. The molecule has 0 N–H and O–H groups in total. The monoisotopic (exact) mass is 333 g/mol. The number of carbonyl (C=O) groups is 1. The number of Topliss-reactive ketones (excluding diaryl/α,β-unsaturated/α-hetero) is 1. The lowest BCUT2D eigenvalue weighted by atomic mass is 9.87. The maximum atomic E-state index is 12.1. The summed E-state index contributed by atoms with van der Waals surface area (Å²) in [5, 5.41) is 4.22. The van der Waals surface area contributed by atoms with Crippen molar-refractivity contribution in [1.82, 2.24) is 9.78 Å². The van der Waals surface area contributed by atoms with Gasteiger partial charge in [0.1, 0.15) is 5.75 Å².